The van der Waals surface area contributed by atoms with E-state index in [2.05, 4.69) is 28.8 Å². The summed E-state index contributed by atoms with van der Waals surface area (Å²) >= 11 is 0. The number of aliphatic hydroxyl groups excluding tert-OH is 1. The summed E-state index contributed by atoms with van der Waals surface area (Å²) in [5.74, 6) is 5.72. The molecule has 0 spiro atoms. The number of amides is 1. The predicted octanol–water partition coefficient (Wildman–Crippen LogP) is 0.593. The molecule has 21 heavy (non-hydrogen) atoms. The summed E-state index contributed by atoms with van der Waals surface area (Å²) in [6.45, 7) is 3.38. The van der Waals surface area contributed by atoms with Crippen LogP contribution < -0.4 is 0 Å². The molecule has 1 aromatic rings. The molecule has 0 unspecified atom stereocenters. The van der Waals surface area contributed by atoms with Crippen LogP contribution in [-0.2, 0) is 0 Å². The van der Waals surface area contributed by atoms with Gasteiger partial charge in [0.25, 0.3) is 5.91 Å². The van der Waals surface area contributed by atoms with Crippen molar-refractivity contribution in [3.05, 3.63) is 29.6 Å². The minimum Gasteiger partial charge on any atom is -0.395 e. The number of pyridine rings is 1. The largest absolute Gasteiger partial charge is 0.395 e. The SMILES string of the molecule is CN1CCCN(C(=O)c2ncccc2C#CCCO)CC1. The van der Waals surface area contributed by atoms with Crippen LogP contribution in [0.15, 0.2) is 18.3 Å². The average Bonchev–Trinajstić information content (AvgIpc) is 2.72. The lowest BCUT2D eigenvalue weighted by Gasteiger charge is -2.20. The van der Waals surface area contributed by atoms with Crippen LogP contribution in [-0.4, -0.2) is 65.6 Å². The lowest BCUT2D eigenvalue weighted by atomic mass is 10.1. The molecule has 1 amide bonds. The highest BCUT2D eigenvalue weighted by molar-refractivity contribution is 5.94. The van der Waals surface area contributed by atoms with Gasteiger partial charge in [-0.15, -0.1) is 0 Å². The first-order valence-corrected chi connectivity index (χ1v) is 7.25. The molecule has 112 valence electrons. The van der Waals surface area contributed by atoms with Crippen LogP contribution in [0.2, 0.25) is 0 Å². The zero-order valence-electron chi connectivity index (χ0n) is 12.4. The van der Waals surface area contributed by atoms with E-state index in [0.717, 1.165) is 32.6 Å². The van der Waals surface area contributed by atoms with Gasteiger partial charge in [0, 0.05) is 32.3 Å². The van der Waals surface area contributed by atoms with Crippen molar-refractivity contribution < 1.29 is 9.90 Å². The van der Waals surface area contributed by atoms with Crippen LogP contribution in [0.5, 0.6) is 0 Å². The normalized spacial score (nSPS) is 16.0. The van der Waals surface area contributed by atoms with Gasteiger partial charge in [0.1, 0.15) is 5.69 Å². The Morgan fingerprint density at radius 1 is 1.38 bits per heavy atom. The third-order valence-corrected chi connectivity index (χ3v) is 3.48. The molecule has 2 rings (SSSR count). The number of aromatic nitrogens is 1. The van der Waals surface area contributed by atoms with Gasteiger partial charge in [0.15, 0.2) is 0 Å². The van der Waals surface area contributed by atoms with E-state index in [1.54, 1.807) is 18.3 Å². The molecule has 0 bridgehead atoms. The van der Waals surface area contributed by atoms with E-state index in [1.165, 1.54) is 0 Å². The molecular formula is C16H21N3O2. The zero-order valence-corrected chi connectivity index (χ0v) is 12.4. The highest BCUT2D eigenvalue weighted by Gasteiger charge is 2.21. The minimum absolute atomic E-state index is 0.0228. The molecule has 0 saturated carbocycles. The lowest BCUT2D eigenvalue weighted by Crippen LogP contribution is -2.35. The fourth-order valence-corrected chi connectivity index (χ4v) is 2.29. The number of carbonyl (C=O) groups is 1. The summed E-state index contributed by atoms with van der Waals surface area (Å²) in [5.41, 5.74) is 1.04. The Morgan fingerprint density at radius 2 is 2.24 bits per heavy atom. The molecule has 0 radical (unpaired) electrons. The molecule has 1 N–H and O–H groups in total. The summed E-state index contributed by atoms with van der Waals surface area (Å²) in [4.78, 5) is 20.9. The van der Waals surface area contributed by atoms with Crippen molar-refractivity contribution in [3.8, 4) is 11.8 Å². The van der Waals surface area contributed by atoms with Crippen LogP contribution in [0, 0.1) is 11.8 Å². The van der Waals surface area contributed by atoms with E-state index in [1.807, 2.05) is 4.90 Å². The van der Waals surface area contributed by atoms with Gasteiger partial charge in [-0.05, 0) is 32.1 Å². The standard InChI is InChI=1S/C16H21N3O2/c1-18-9-5-10-19(12-11-18)16(21)15-14(6-2-3-13-20)7-4-8-17-15/h4,7-8,20H,3,5,9-13H2,1H3. The number of hydrogen-bond acceptors (Lipinski definition) is 4. The number of rotatable bonds is 2. The van der Waals surface area contributed by atoms with Crippen LogP contribution in [0.1, 0.15) is 28.9 Å². The average molecular weight is 287 g/mol. The highest BCUT2D eigenvalue weighted by atomic mass is 16.2. The molecule has 0 atom stereocenters. The molecule has 0 aromatic carbocycles. The maximum atomic E-state index is 12.6. The Bertz CT molecular complexity index is 548. The molecule has 5 nitrogen and oxygen atoms in total. The summed E-state index contributed by atoms with van der Waals surface area (Å²) in [7, 11) is 2.07. The first-order valence-electron chi connectivity index (χ1n) is 7.25. The van der Waals surface area contributed by atoms with Crippen molar-refractivity contribution in [2.24, 2.45) is 0 Å². The van der Waals surface area contributed by atoms with Crippen molar-refractivity contribution in [1.29, 1.82) is 0 Å². The molecule has 0 aliphatic carbocycles. The Morgan fingerprint density at radius 3 is 3.05 bits per heavy atom. The van der Waals surface area contributed by atoms with Gasteiger partial charge in [-0.2, -0.15) is 0 Å². The predicted molar refractivity (Wildman–Crippen MR) is 80.8 cm³/mol. The fourth-order valence-electron chi connectivity index (χ4n) is 2.29. The molecule has 1 aliphatic heterocycles. The molecule has 1 aromatic heterocycles. The van der Waals surface area contributed by atoms with Crippen LogP contribution in [0.4, 0.5) is 0 Å². The topological polar surface area (TPSA) is 56.7 Å². The van der Waals surface area contributed by atoms with Gasteiger partial charge in [0.05, 0.1) is 12.2 Å². The van der Waals surface area contributed by atoms with Crippen LogP contribution >= 0.6 is 0 Å². The Labute approximate surface area is 125 Å². The lowest BCUT2D eigenvalue weighted by molar-refractivity contribution is 0.0756. The number of hydrogen-bond donors (Lipinski definition) is 1. The number of aliphatic hydroxyl groups is 1. The molecule has 5 heteroatoms. The molecule has 1 saturated heterocycles. The molecule has 1 aliphatic rings. The Balaban J connectivity index is 2.17. The molecular weight excluding hydrogens is 266 g/mol. The first kappa shape index (κ1) is 15.5. The van der Waals surface area contributed by atoms with Gasteiger partial charge in [0.2, 0.25) is 0 Å². The Hall–Kier alpha value is -1.90. The van der Waals surface area contributed by atoms with Crippen molar-refractivity contribution in [3.63, 3.8) is 0 Å². The number of likely N-dealkylation sites (N-methyl/N-ethyl adjacent to an activating group) is 1. The van der Waals surface area contributed by atoms with Gasteiger partial charge < -0.3 is 14.9 Å². The van der Waals surface area contributed by atoms with E-state index in [-0.39, 0.29) is 12.5 Å². The van der Waals surface area contributed by atoms with Crippen molar-refractivity contribution in [1.82, 2.24) is 14.8 Å². The molecule has 1 fully saturated rings. The van der Waals surface area contributed by atoms with Gasteiger partial charge >= 0.3 is 0 Å². The third kappa shape index (κ3) is 4.28. The fraction of sp³-hybridized carbons (Fsp3) is 0.500. The zero-order chi connectivity index (χ0) is 15.1. The highest BCUT2D eigenvalue weighted by Crippen LogP contribution is 2.10. The second kappa shape index (κ2) is 7.77. The smallest absolute Gasteiger partial charge is 0.273 e. The van der Waals surface area contributed by atoms with Crippen LogP contribution in [0.3, 0.4) is 0 Å². The number of carbonyl (C=O) groups excluding carboxylic acids is 1. The summed E-state index contributed by atoms with van der Waals surface area (Å²) < 4.78 is 0. The van der Waals surface area contributed by atoms with E-state index < -0.39 is 0 Å². The number of nitrogens with zero attached hydrogens (tertiary/aromatic N) is 3. The summed E-state index contributed by atoms with van der Waals surface area (Å²) in [6, 6.07) is 3.57. The second-order valence-electron chi connectivity index (χ2n) is 5.12. The monoisotopic (exact) mass is 287 g/mol. The van der Waals surface area contributed by atoms with Gasteiger partial charge in [-0.1, -0.05) is 11.8 Å². The Kier molecular flexibility index (Phi) is 5.73. The quantitative estimate of drug-likeness (QED) is 0.809. The van der Waals surface area contributed by atoms with Crippen molar-refractivity contribution in [2.45, 2.75) is 12.8 Å². The van der Waals surface area contributed by atoms with E-state index in [9.17, 15) is 4.79 Å². The maximum Gasteiger partial charge on any atom is 0.273 e. The van der Waals surface area contributed by atoms with Crippen molar-refractivity contribution >= 4 is 5.91 Å². The van der Waals surface area contributed by atoms with Gasteiger partial charge in [-0.3, -0.25) is 4.79 Å². The first-order chi connectivity index (χ1) is 10.2. The van der Waals surface area contributed by atoms with E-state index in [4.69, 9.17) is 5.11 Å². The van der Waals surface area contributed by atoms with Crippen LogP contribution in [0.25, 0.3) is 0 Å². The minimum atomic E-state index is -0.0563. The maximum absolute atomic E-state index is 12.6. The van der Waals surface area contributed by atoms with Crippen molar-refractivity contribution in [2.75, 3.05) is 39.8 Å². The van der Waals surface area contributed by atoms with E-state index >= 15 is 0 Å². The van der Waals surface area contributed by atoms with E-state index in [0.29, 0.717) is 17.7 Å². The molecule has 2 heterocycles. The summed E-state index contributed by atoms with van der Waals surface area (Å²) in [6.07, 6.45) is 2.99. The third-order valence-electron chi connectivity index (χ3n) is 3.48. The second-order valence-corrected chi connectivity index (χ2v) is 5.12. The summed E-state index contributed by atoms with van der Waals surface area (Å²) in [5, 5.41) is 8.78. The van der Waals surface area contributed by atoms with Gasteiger partial charge in [-0.25, -0.2) is 4.98 Å².